The average molecular weight is 300 g/mol. The van der Waals surface area contributed by atoms with Crippen LogP contribution in [0.25, 0.3) is 0 Å². The van der Waals surface area contributed by atoms with Gasteiger partial charge in [0, 0.05) is 18.2 Å². The van der Waals surface area contributed by atoms with E-state index in [1.807, 2.05) is 25.9 Å². The molecule has 0 bridgehead atoms. The van der Waals surface area contributed by atoms with Crippen LogP contribution in [0.3, 0.4) is 0 Å². The molecule has 1 atom stereocenters. The number of carboxylic acid groups (broad SMARTS) is 1. The van der Waals surface area contributed by atoms with Crippen molar-refractivity contribution in [1.82, 2.24) is 4.90 Å². The molecule has 21 heavy (non-hydrogen) atoms. The van der Waals surface area contributed by atoms with Gasteiger partial charge in [0.1, 0.15) is 6.10 Å². The van der Waals surface area contributed by atoms with E-state index in [0.717, 1.165) is 25.5 Å². The predicted molar refractivity (Wildman–Crippen MR) is 84.0 cm³/mol. The molecule has 0 fully saturated rings. The summed E-state index contributed by atoms with van der Waals surface area (Å²) in [6.45, 7) is 9.89. The molecule has 0 saturated heterocycles. The molecule has 0 saturated carbocycles. The highest BCUT2D eigenvalue weighted by Crippen LogP contribution is 2.02. The van der Waals surface area contributed by atoms with E-state index in [9.17, 15) is 9.59 Å². The van der Waals surface area contributed by atoms with Crippen molar-refractivity contribution in [2.45, 2.75) is 32.3 Å². The lowest BCUT2D eigenvalue weighted by Crippen LogP contribution is -2.24. The zero-order valence-corrected chi connectivity index (χ0v) is 13.3. The van der Waals surface area contributed by atoms with Crippen LogP contribution in [0.5, 0.6) is 0 Å². The number of carbonyl (C=O) groups excluding carboxylic acids is 1. The van der Waals surface area contributed by atoms with Gasteiger partial charge in [-0.3, -0.25) is 0 Å². The zero-order valence-electron chi connectivity index (χ0n) is 13.3. The summed E-state index contributed by atoms with van der Waals surface area (Å²) in [5.74, 6) is -1.29. The maximum Gasteiger partial charge on any atom is 0.330 e. The number of hydrogen-bond acceptors (Lipinski definition) is 5. The minimum absolute atomic E-state index is 0.162. The molecule has 0 radical (unpaired) electrons. The summed E-state index contributed by atoms with van der Waals surface area (Å²) in [7, 11) is 3.92. The van der Waals surface area contributed by atoms with E-state index in [4.69, 9.17) is 15.6 Å². The highest BCUT2D eigenvalue weighted by Gasteiger charge is 2.06. The van der Waals surface area contributed by atoms with Crippen molar-refractivity contribution in [3.8, 4) is 0 Å². The molecule has 0 amide bonds. The highest BCUT2D eigenvalue weighted by molar-refractivity contribution is 5.85. The molecule has 6 nitrogen and oxygen atoms in total. The molecule has 0 rings (SSSR count). The van der Waals surface area contributed by atoms with Crippen molar-refractivity contribution in [3.05, 3.63) is 24.8 Å². The number of hydrogen-bond donors (Lipinski definition) is 2. The molecule has 0 aromatic carbocycles. The summed E-state index contributed by atoms with van der Waals surface area (Å²) in [5.41, 5.74) is 5.57. The molecule has 0 aromatic rings. The van der Waals surface area contributed by atoms with Crippen molar-refractivity contribution in [1.29, 1.82) is 0 Å². The number of carbonyl (C=O) groups is 2. The maximum absolute atomic E-state index is 10.5. The molecule has 0 aliphatic rings. The molecule has 1 unspecified atom stereocenters. The second-order valence-electron chi connectivity index (χ2n) is 4.72. The van der Waals surface area contributed by atoms with E-state index in [0.29, 0.717) is 18.5 Å². The van der Waals surface area contributed by atoms with Crippen molar-refractivity contribution in [2.24, 2.45) is 5.73 Å². The number of nitrogens with two attached hydrogens (primary N) is 1. The van der Waals surface area contributed by atoms with Gasteiger partial charge in [-0.2, -0.15) is 0 Å². The van der Waals surface area contributed by atoms with Gasteiger partial charge in [-0.1, -0.05) is 20.1 Å². The molecule has 122 valence electrons. The van der Waals surface area contributed by atoms with Crippen LogP contribution >= 0.6 is 0 Å². The molecule has 3 N–H and O–H groups in total. The first-order valence-corrected chi connectivity index (χ1v) is 6.87. The summed E-state index contributed by atoms with van der Waals surface area (Å²) in [6.07, 6.45) is 3.16. The lowest BCUT2D eigenvalue weighted by atomic mass is 10.1. The van der Waals surface area contributed by atoms with E-state index >= 15 is 0 Å². The van der Waals surface area contributed by atoms with Crippen LogP contribution in [0.2, 0.25) is 0 Å². The Morgan fingerprint density at radius 2 is 2.00 bits per heavy atom. The third-order valence-electron chi connectivity index (χ3n) is 2.55. The number of ether oxygens (including phenoxy) is 1. The first kappa shape index (κ1) is 21.6. The second kappa shape index (κ2) is 13.3. The van der Waals surface area contributed by atoms with Crippen molar-refractivity contribution >= 4 is 11.9 Å². The Morgan fingerprint density at radius 3 is 2.33 bits per heavy atom. The van der Waals surface area contributed by atoms with Gasteiger partial charge in [-0.15, -0.1) is 0 Å². The van der Waals surface area contributed by atoms with Gasteiger partial charge < -0.3 is 20.5 Å². The Hall–Kier alpha value is -1.66. The minimum Gasteiger partial charge on any atom is -0.478 e. The molecular weight excluding hydrogens is 272 g/mol. The van der Waals surface area contributed by atoms with Crippen molar-refractivity contribution in [3.63, 3.8) is 0 Å². The fraction of sp³-hybridized carbons (Fsp3) is 0.600. The van der Waals surface area contributed by atoms with Crippen LogP contribution in [0, 0.1) is 0 Å². The van der Waals surface area contributed by atoms with E-state index in [2.05, 4.69) is 13.2 Å². The minimum atomic E-state index is -0.885. The predicted octanol–water partition coefficient (Wildman–Crippen LogP) is 1.42. The largest absolute Gasteiger partial charge is 0.478 e. The third kappa shape index (κ3) is 14.6. The Kier molecular flexibility index (Phi) is 13.7. The number of nitrogens with zero attached hydrogens (tertiary/aromatic N) is 1. The van der Waals surface area contributed by atoms with E-state index < -0.39 is 11.9 Å². The van der Waals surface area contributed by atoms with Gasteiger partial charge in [-0.05, 0) is 39.9 Å². The van der Waals surface area contributed by atoms with Crippen LogP contribution in [0.1, 0.15) is 26.2 Å². The topological polar surface area (TPSA) is 92.9 Å². The quantitative estimate of drug-likeness (QED) is 0.494. The normalized spacial score (nSPS) is 11.1. The molecule has 6 heteroatoms. The smallest absolute Gasteiger partial charge is 0.330 e. The Labute approximate surface area is 127 Å². The summed E-state index contributed by atoms with van der Waals surface area (Å²) in [5, 5.41) is 8.43. The second-order valence-corrected chi connectivity index (χ2v) is 4.72. The van der Waals surface area contributed by atoms with Crippen LogP contribution < -0.4 is 5.73 Å². The number of carboxylic acids is 1. The summed E-state index contributed by atoms with van der Waals surface area (Å²) >= 11 is 0. The van der Waals surface area contributed by atoms with Crippen LogP contribution in [0.15, 0.2) is 24.8 Å². The molecule has 0 aliphatic heterocycles. The highest BCUT2D eigenvalue weighted by atomic mass is 16.5. The number of rotatable bonds is 9. The van der Waals surface area contributed by atoms with E-state index in [1.165, 1.54) is 0 Å². The van der Waals surface area contributed by atoms with Crippen molar-refractivity contribution in [2.75, 3.05) is 27.2 Å². The standard InChI is InChI=1S/C8H15NO2.C7H13NO2/c1-7(8(10)11)5-4-6-9(2)3;1-3-6(5-8)10-7(9)4-2/h1,4-6H2,2-3H3,(H,10,11);4,6H,2-3,5,8H2,1H3. The lowest BCUT2D eigenvalue weighted by molar-refractivity contribution is -0.142. The van der Waals surface area contributed by atoms with E-state index in [1.54, 1.807) is 0 Å². The van der Waals surface area contributed by atoms with Crippen molar-refractivity contribution < 1.29 is 19.4 Å². The monoisotopic (exact) mass is 300 g/mol. The first-order valence-electron chi connectivity index (χ1n) is 6.87. The van der Waals surface area contributed by atoms with Gasteiger partial charge in [0.15, 0.2) is 0 Å². The zero-order chi connectivity index (χ0) is 16.8. The average Bonchev–Trinajstić information content (AvgIpc) is 2.44. The molecule has 0 spiro atoms. The summed E-state index contributed by atoms with van der Waals surface area (Å²) in [6, 6.07) is 0. The van der Waals surface area contributed by atoms with Gasteiger partial charge in [0.05, 0.1) is 0 Å². The van der Waals surface area contributed by atoms with Gasteiger partial charge >= 0.3 is 11.9 Å². The maximum atomic E-state index is 10.5. The SMILES string of the molecule is C=C(CCCN(C)C)C(=O)O.C=CC(=O)OC(CC)CN. The molecule has 0 heterocycles. The summed E-state index contributed by atoms with van der Waals surface area (Å²) in [4.78, 5) is 22.8. The fourth-order valence-electron chi connectivity index (χ4n) is 1.23. The van der Waals surface area contributed by atoms with Crippen LogP contribution in [0.4, 0.5) is 0 Å². The Bertz CT molecular complexity index is 337. The van der Waals surface area contributed by atoms with Gasteiger partial charge in [0.25, 0.3) is 0 Å². The Balaban J connectivity index is 0. The number of aliphatic carboxylic acids is 1. The first-order chi connectivity index (χ1) is 9.78. The Morgan fingerprint density at radius 1 is 1.43 bits per heavy atom. The van der Waals surface area contributed by atoms with Crippen LogP contribution in [-0.2, 0) is 14.3 Å². The molecule has 0 aromatic heterocycles. The lowest BCUT2D eigenvalue weighted by Gasteiger charge is -2.11. The van der Waals surface area contributed by atoms with Gasteiger partial charge in [-0.25, -0.2) is 9.59 Å². The van der Waals surface area contributed by atoms with E-state index in [-0.39, 0.29) is 6.10 Å². The fourth-order valence-corrected chi connectivity index (χ4v) is 1.23. The number of esters is 1. The molecular formula is C15H28N2O4. The summed E-state index contributed by atoms with van der Waals surface area (Å²) < 4.78 is 4.82. The third-order valence-corrected chi connectivity index (χ3v) is 2.55. The molecule has 0 aliphatic carbocycles. The van der Waals surface area contributed by atoms with Crippen LogP contribution in [-0.4, -0.2) is 55.2 Å². The van der Waals surface area contributed by atoms with Gasteiger partial charge in [0.2, 0.25) is 0 Å².